The average molecular weight is 227 g/mol. The Kier molecular flexibility index (Phi) is 252. The Labute approximate surface area is 60.5 Å². The molecule has 0 heterocycles. The number of hydrogen-bond donors (Lipinski definition) is 0. The van der Waals surface area contributed by atoms with E-state index in [2.05, 4.69) is 0 Å². The molecule has 32 valence electrons. The minimum Gasteiger partial charge on any atom is -0.693 e. The average Bonchev–Trinajstić information content (AvgIpc) is 0. The SMILES string of the molecule is [Fe].[Mo].[NH2-].[Ni]. The van der Waals surface area contributed by atoms with Crippen LogP contribution in [0.15, 0.2) is 0 Å². The van der Waals surface area contributed by atoms with Gasteiger partial charge in [-0.05, 0) is 0 Å². The van der Waals surface area contributed by atoms with Gasteiger partial charge in [0.1, 0.15) is 0 Å². The zero-order valence-electron chi connectivity index (χ0n) is 1.66. The largest absolute Gasteiger partial charge is 0.693 e. The molecule has 0 amide bonds. The minimum absolute atomic E-state index is 0. The van der Waals surface area contributed by atoms with Crippen LogP contribution in [0.5, 0.6) is 0 Å². The Morgan fingerprint density at radius 3 is 1.00 bits per heavy atom. The molecule has 0 aliphatic heterocycles. The molecule has 0 atom stereocenters. The molecule has 2 N–H and O–H groups in total. The van der Waals surface area contributed by atoms with Crippen LogP contribution in [0.3, 0.4) is 0 Å². The maximum atomic E-state index is 0. The summed E-state index contributed by atoms with van der Waals surface area (Å²) >= 11 is 0. The van der Waals surface area contributed by atoms with Crippen LogP contribution in [0.25, 0.3) is 6.15 Å². The Morgan fingerprint density at radius 1 is 1.00 bits per heavy atom. The zero-order chi connectivity index (χ0) is 0. The van der Waals surface area contributed by atoms with Gasteiger partial charge in [-0.15, -0.1) is 0 Å². The molecule has 0 aliphatic carbocycles. The second-order valence-electron chi connectivity index (χ2n) is 0. The van der Waals surface area contributed by atoms with E-state index in [0.29, 0.717) is 0 Å². The van der Waals surface area contributed by atoms with E-state index >= 15 is 0 Å². The fraction of sp³-hybridized carbons (Fsp3) is 0. The topological polar surface area (TPSA) is 33.5 Å². The molecule has 0 unspecified atom stereocenters. The van der Waals surface area contributed by atoms with Crippen molar-refractivity contribution in [1.29, 1.82) is 0 Å². The van der Waals surface area contributed by atoms with Crippen LogP contribution in [0, 0.1) is 0 Å². The van der Waals surface area contributed by atoms with Gasteiger partial charge in [-0.1, -0.05) is 0 Å². The summed E-state index contributed by atoms with van der Waals surface area (Å²) in [5.74, 6) is 0. The van der Waals surface area contributed by atoms with Gasteiger partial charge in [0.05, 0.1) is 0 Å². The predicted molar refractivity (Wildman–Crippen MR) is 5.28 cm³/mol. The third kappa shape index (κ3) is 9.40. The van der Waals surface area contributed by atoms with Crippen LogP contribution in [0.4, 0.5) is 0 Å². The first-order valence-electron chi connectivity index (χ1n) is 0. The van der Waals surface area contributed by atoms with Gasteiger partial charge in [0.15, 0.2) is 0 Å². The molecule has 0 bridgehead atoms. The predicted octanol–water partition coefficient (Wildman–Crippen LogP) is 0.710. The molecule has 0 radical (unpaired) electrons. The van der Waals surface area contributed by atoms with Crippen LogP contribution in [-0.2, 0) is 54.6 Å². The molecule has 4 heavy (non-hydrogen) atoms. The minimum atomic E-state index is 0. The molecule has 0 saturated carbocycles. The summed E-state index contributed by atoms with van der Waals surface area (Å²) < 4.78 is 0. The van der Waals surface area contributed by atoms with Gasteiger partial charge in [0, 0.05) is 54.6 Å². The standard InChI is InChI=1S/Fe.Mo.H2N.Ni/h;;1H2;/q;;-1;. The van der Waals surface area contributed by atoms with Gasteiger partial charge in [0.2, 0.25) is 0 Å². The smallest absolute Gasteiger partial charge is 0 e. The molecule has 0 aliphatic rings. The summed E-state index contributed by atoms with van der Waals surface area (Å²) in [6.45, 7) is 0. The zero-order valence-corrected chi connectivity index (χ0v) is 5.75. The molecule has 0 aromatic carbocycles. The number of hydrogen-bond acceptors (Lipinski definition) is 0. The van der Waals surface area contributed by atoms with Crippen molar-refractivity contribution in [3.05, 3.63) is 6.15 Å². The van der Waals surface area contributed by atoms with Gasteiger partial charge >= 0.3 is 0 Å². The van der Waals surface area contributed by atoms with Gasteiger partial charge in [0.25, 0.3) is 0 Å². The van der Waals surface area contributed by atoms with Crippen molar-refractivity contribution in [2.24, 2.45) is 0 Å². The van der Waals surface area contributed by atoms with Crippen molar-refractivity contribution in [2.75, 3.05) is 0 Å². The Balaban J connectivity index is 0. The van der Waals surface area contributed by atoms with Crippen molar-refractivity contribution < 1.29 is 54.6 Å². The van der Waals surface area contributed by atoms with E-state index in [4.69, 9.17) is 0 Å². The fourth-order valence-corrected chi connectivity index (χ4v) is 0. The summed E-state index contributed by atoms with van der Waals surface area (Å²) in [5.41, 5.74) is 0. The van der Waals surface area contributed by atoms with E-state index in [1.54, 1.807) is 0 Å². The first-order chi connectivity index (χ1) is 0. The summed E-state index contributed by atoms with van der Waals surface area (Å²) in [4.78, 5) is 0. The van der Waals surface area contributed by atoms with E-state index in [0.717, 1.165) is 0 Å². The molecule has 0 saturated heterocycles. The fourth-order valence-electron chi connectivity index (χ4n) is 0. The summed E-state index contributed by atoms with van der Waals surface area (Å²) in [7, 11) is 0. The van der Waals surface area contributed by atoms with E-state index in [1.165, 1.54) is 0 Å². The summed E-state index contributed by atoms with van der Waals surface area (Å²) in [5, 5.41) is 0. The molecular weight excluding hydrogens is 224 g/mol. The van der Waals surface area contributed by atoms with Crippen LogP contribution >= 0.6 is 0 Å². The third-order valence-electron chi connectivity index (χ3n) is 0. The summed E-state index contributed by atoms with van der Waals surface area (Å²) in [6, 6.07) is 0. The van der Waals surface area contributed by atoms with E-state index in [-0.39, 0.29) is 60.8 Å². The van der Waals surface area contributed by atoms with Crippen molar-refractivity contribution in [3.63, 3.8) is 0 Å². The Bertz CT molecular complexity index is 8.00. The van der Waals surface area contributed by atoms with Crippen molar-refractivity contribution >= 4 is 0 Å². The van der Waals surface area contributed by atoms with Gasteiger partial charge < -0.3 is 6.15 Å². The molecule has 4 heteroatoms. The van der Waals surface area contributed by atoms with Crippen molar-refractivity contribution in [1.82, 2.24) is 0 Å². The molecule has 0 aromatic heterocycles. The maximum absolute atomic E-state index is 0. The second kappa shape index (κ2) is 22.6. The molecular formula is H2FeMoNNi-. The monoisotopic (exact) mass is 228 g/mol. The van der Waals surface area contributed by atoms with E-state index < -0.39 is 0 Å². The molecule has 0 aromatic rings. The van der Waals surface area contributed by atoms with Crippen LogP contribution in [0.1, 0.15) is 0 Å². The maximum Gasteiger partial charge on any atom is 0 e. The Hall–Kier alpha value is 1.66. The third-order valence-corrected chi connectivity index (χ3v) is 0. The van der Waals surface area contributed by atoms with Crippen LogP contribution in [0.2, 0.25) is 0 Å². The van der Waals surface area contributed by atoms with Gasteiger partial charge in [-0.3, -0.25) is 0 Å². The first-order valence-corrected chi connectivity index (χ1v) is 0. The first kappa shape index (κ1) is 44.6. The van der Waals surface area contributed by atoms with Crippen LogP contribution < -0.4 is 0 Å². The second-order valence-corrected chi connectivity index (χ2v) is 0. The molecule has 1 nitrogen and oxygen atoms in total. The van der Waals surface area contributed by atoms with Crippen LogP contribution in [-0.4, -0.2) is 0 Å². The van der Waals surface area contributed by atoms with Crippen molar-refractivity contribution in [2.45, 2.75) is 0 Å². The summed E-state index contributed by atoms with van der Waals surface area (Å²) in [6.07, 6.45) is 0. The Morgan fingerprint density at radius 2 is 1.00 bits per heavy atom. The quantitative estimate of drug-likeness (QED) is 0.545. The van der Waals surface area contributed by atoms with Gasteiger partial charge in [-0.25, -0.2) is 0 Å². The van der Waals surface area contributed by atoms with Gasteiger partial charge in [-0.2, -0.15) is 0 Å². The van der Waals surface area contributed by atoms with E-state index in [9.17, 15) is 0 Å². The molecule has 0 spiro atoms. The molecule has 0 fully saturated rings. The number of nitrogens with two attached hydrogens (primary N) is 1. The number of rotatable bonds is 0. The van der Waals surface area contributed by atoms with Crippen molar-refractivity contribution in [3.8, 4) is 0 Å². The normalized spacial score (nSPS) is 0. The van der Waals surface area contributed by atoms with E-state index in [1.807, 2.05) is 0 Å². The molecule has 0 rings (SSSR count).